The van der Waals surface area contributed by atoms with E-state index in [-0.39, 0.29) is 0 Å². The lowest BCUT2D eigenvalue weighted by Crippen LogP contribution is -2.21. The van der Waals surface area contributed by atoms with Crippen LogP contribution in [0.5, 0.6) is 0 Å². The second kappa shape index (κ2) is 5.60. The number of hydrogen-bond donors (Lipinski definition) is 1. The minimum Gasteiger partial charge on any atom is -0.329 e. The molecule has 1 amide bonds. The topological polar surface area (TPSA) is 29.1 Å². The molecule has 1 aliphatic carbocycles. The van der Waals surface area contributed by atoms with E-state index in [0.717, 1.165) is 18.0 Å². The van der Waals surface area contributed by atoms with E-state index in [9.17, 15) is 4.79 Å². The number of allylic oxidation sites excluding steroid dienone is 2. The van der Waals surface area contributed by atoms with Gasteiger partial charge in [0.1, 0.15) is 0 Å². The molecule has 1 aliphatic rings. The van der Waals surface area contributed by atoms with Gasteiger partial charge in [0.05, 0.1) is 0 Å². The second-order valence-corrected chi connectivity index (χ2v) is 6.41. The van der Waals surface area contributed by atoms with Gasteiger partial charge in [0.25, 0.3) is 0 Å². The van der Waals surface area contributed by atoms with Gasteiger partial charge in [0.2, 0.25) is 6.41 Å². The molecule has 19 heavy (non-hydrogen) atoms. The number of nitrogens with one attached hydrogen (secondary N) is 1. The van der Waals surface area contributed by atoms with Gasteiger partial charge in [-0.2, -0.15) is 0 Å². The van der Waals surface area contributed by atoms with Crippen molar-refractivity contribution in [3.05, 3.63) is 35.9 Å². The number of anilines is 1. The molecule has 0 saturated heterocycles. The Hall–Kier alpha value is -1.57. The highest BCUT2D eigenvalue weighted by atomic mass is 16.1. The molecule has 0 aromatic heterocycles. The van der Waals surface area contributed by atoms with Gasteiger partial charge in [-0.05, 0) is 53.9 Å². The molecule has 0 heterocycles. The van der Waals surface area contributed by atoms with Crippen LogP contribution in [0.1, 0.15) is 45.6 Å². The zero-order chi connectivity index (χ0) is 13.9. The number of carbonyl (C=O) groups excluding carboxylic acids is 1. The molecule has 1 aromatic carbocycles. The van der Waals surface area contributed by atoms with Gasteiger partial charge >= 0.3 is 0 Å². The van der Waals surface area contributed by atoms with Crippen molar-refractivity contribution in [2.75, 3.05) is 5.32 Å². The van der Waals surface area contributed by atoms with Crippen molar-refractivity contribution < 1.29 is 4.79 Å². The first-order valence-corrected chi connectivity index (χ1v) is 7.00. The molecule has 0 spiro atoms. The third kappa shape index (κ3) is 3.46. The number of amides is 1. The standard InChI is InChI=1S/C17H23NO/c1-17(2,3)15-8-4-13(5-9-15)14-6-10-16(11-7-14)18-12-19/h4,6-7,10-12,15H,5,8-9H2,1-3H3,(H,18,19). The molecule has 102 valence electrons. The van der Waals surface area contributed by atoms with E-state index in [4.69, 9.17) is 0 Å². The summed E-state index contributed by atoms with van der Waals surface area (Å²) in [6.07, 6.45) is 6.70. The summed E-state index contributed by atoms with van der Waals surface area (Å²) in [6.45, 7) is 6.99. The molecule has 1 aromatic rings. The molecule has 2 rings (SSSR count). The molecule has 1 N–H and O–H groups in total. The van der Waals surface area contributed by atoms with Gasteiger partial charge in [-0.15, -0.1) is 0 Å². The summed E-state index contributed by atoms with van der Waals surface area (Å²) in [7, 11) is 0. The first-order valence-electron chi connectivity index (χ1n) is 7.00. The molecule has 0 saturated carbocycles. The van der Waals surface area contributed by atoms with Gasteiger partial charge in [-0.25, -0.2) is 0 Å². The Balaban J connectivity index is 2.07. The van der Waals surface area contributed by atoms with Crippen LogP contribution in [0.25, 0.3) is 5.57 Å². The van der Waals surface area contributed by atoms with E-state index in [1.807, 2.05) is 12.1 Å². The van der Waals surface area contributed by atoms with E-state index < -0.39 is 0 Å². The second-order valence-electron chi connectivity index (χ2n) is 6.41. The van der Waals surface area contributed by atoms with Crippen molar-refractivity contribution in [3.63, 3.8) is 0 Å². The van der Waals surface area contributed by atoms with E-state index >= 15 is 0 Å². The summed E-state index contributed by atoms with van der Waals surface area (Å²) >= 11 is 0. The quantitative estimate of drug-likeness (QED) is 0.794. The Bertz CT molecular complexity index is 465. The summed E-state index contributed by atoms with van der Waals surface area (Å²) in [4.78, 5) is 10.4. The van der Waals surface area contributed by atoms with Crippen LogP contribution in [-0.2, 0) is 4.79 Å². The lowest BCUT2D eigenvalue weighted by Gasteiger charge is -2.33. The third-order valence-corrected chi connectivity index (χ3v) is 4.12. The largest absolute Gasteiger partial charge is 0.329 e. The minimum atomic E-state index is 0.403. The Morgan fingerprint density at radius 2 is 1.89 bits per heavy atom. The van der Waals surface area contributed by atoms with Gasteiger partial charge in [-0.3, -0.25) is 4.79 Å². The van der Waals surface area contributed by atoms with E-state index in [0.29, 0.717) is 11.8 Å². The maximum absolute atomic E-state index is 10.4. The van der Waals surface area contributed by atoms with E-state index in [1.165, 1.54) is 24.0 Å². The molecule has 0 aliphatic heterocycles. The van der Waals surface area contributed by atoms with Crippen LogP contribution in [0.3, 0.4) is 0 Å². The van der Waals surface area contributed by atoms with Crippen LogP contribution in [0, 0.1) is 11.3 Å². The lowest BCUT2D eigenvalue weighted by atomic mass is 9.72. The van der Waals surface area contributed by atoms with Crippen LogP contribution in [0.4, 0.5) is 5.69 Å². The van der Waals surface area contributed by atoms with Crippen LogP contribution in [-0.4, -0.2) is 6.41 Å². The molecule has 1 unspecified atom stereocenters. The maximum atomic E-state index is 10.4. The van der Waals surface area contributed by atoms with E-state index in [1.54, 1.807) is 0 Å². The maximum Gasteiger partial charge on any atom is 0.211 e. The molecule has 0 fully saturated rings. The number of benzene rings is 1. The predicted molar refractivity (Wildman–Crippen MR) is 80.9 cm³/mol. The summed E-state index contributed by atoms with van der Waals surface area (Å²) in [5, 5.41) is 2.66. The van der Waals surface area contributed by atoms with Crippen LogP contribution >= 0.6 is 0 Å². The summed E-state index contributed by atoms with van der Waals surface area (Å²) in [5.41, 5.74) is 3.98. The highest BCUT2D eigenvalue weighted by Crippen LogP contribution is 2.39. The van der Waals surface area contributed by atoms with Crippen molar-refractivity contribution in [1.29, 1.82) is 0 Å². The zero-order valence-corrected chi connectivity index (χ0v) is 12.1. The van der Waals surface area contributed by atoms with Crippen molar-refractivity contribution >= 4 is 17.7 Å². The van der Waals surface area contributed by atoms with Crippen molar-refractivity contribution in [2.24, 2.45) is 11.3 Å². The van der Waals surface area contributed by atoms with Crippen LogP contribution < -0.4 is 5.32 Å². The number of rotatable bonds is 3. The summed E-state index contributed by atoms with van der Waals surface area (Å²) in [6, 6.07) is 8.10. The van der Waals surface area contributed by atoms with Gasteiger partial charge in [0.15, 0.2) is 0 Å². The smallest absolute Gasteiger partial charge is 0.211 e. The molecule has 2 nitrogen and oxygen atoms in total. The molecule has 0 bridgehead atoms. The molecular weight excluding hydrogens is 234 g/mol. The average Bonchev–Trinajstić information content (AvgIpc) is 2.39. The van der Waals surface area contributed by atoms with Gasteiger partial charge in [-0.1, -0.05) is 39.0 Å². The Morgan fingerprint density at radius 1 is 1.21 bits per heavy atom. The number of carbonyl (C=O) groups is 1. The lowest BCUT2D eigenvalue weighted by molar-refractivity contribution is -0.105. The minimum absolute atomic E-state index is 0.403. The first kappa shape index (κ1) is 13.9. The molecule has 2 heteroatoms. The fraction of sp³-hybridized carbons (Fsp3) is 0.471. The monoisotopic (exact) mass is 257 g/mol. The highest BCUT2D eigenvalue weighted by Gasteiger charge is 2.26. The van der Waals surface area contributed by atoms with E-state index in [2.05, 4.69) is 44.3 Å². The third-order valence-electron chi connectivity index (χ3n) is 4.12. The number of hydrogen-bond acceptors (Lipinski definition) is 1. The Morgan fingerprint density at radius 3 is 2.37 bits per heavy atom. The SMILES string of the molecule is CC(C)(C)C1CC=C(c2ccc(NC=O)cc2)CC1. The molecule has 1 atom stereocenters. The highest BCUT2D eigenvalue weighted by molar-refractivity contribution is 5.73. The van der Waals surface area contributed by atoms with Crippen LogP contribution in [0.2, 0.25) is 0 Å². The van der Waals surface area contributed by atoms with Crippen molar-refractivity contribution in [2.45, 2.75) is 40.0 Å². The zero-order valence-electron chi connectivity index (χ0n) is 12.1. The fourth-order valence-corrected chi connectivity index (χ4v) is 2.73. The summed E-state index contributed by atoms with van der Waals surface area (Å²) in [5.74, 6) is 0.784. The normalized spacial score (nSPS) is 19.7. The average molecular weight is 257 g/mol. The van der Waals surface area contributed by atoms with Crippen molar-refractivity contribution in [3.8, 4) is 0 Å². The molecule has 0 radical (unpaired) electrons. The Labute approximate surface area is 115 Å². The van der Waals surface area contributed by atoms with Crippen molar-refractivity contribution in [1.82, 2.24) is 0 Å². The molecular formula is C17H23NO. The van der Waals surface area contributed by atoms with Gasteiger partial charge in [0, 0.05) is 5.69 Å². The summed E-state index contributed by atoms with van der Waals surface area (Å²) < 4.78 is 0. The predicted octanol–water partition coefficient (Wildman–Crippen LogP) is 4.48. The van der Waals surface area contributed by atoms with Crippen LogP contribution in [0.15, 0.2) is 30.3 Å². The Kier molecular flexibility index (Phi) is 4.08. The fourth-order valence-electron chi connectivity index (χ4n) is 2.73. The van der Waals surface area contributed by atoms with Gasteiger partial charge < -0.3 is 5.32 Å². The first-order chi connectivity index (χ1) is 9.00.